The van der Waals surface area contributed by atoms with Gasteiger partial charge in [0.05, 0.1) is 33.0 Å². The van der Waals surface area contributed by atoms with Gasteiger partial charge in [-0.3, -0.25) is 0 Å². The van der Waals surface area contributed by atoms with E-state index in [0.29, 0.717) is 29.2 Å². The van der Waals surface area contributed by atoms with E-state index in [9.17, 15) is 5.11 Å². The molecule has 30 heavy (non-hydrogen) atoms. The zero-order chi connectivity index (χ0) is 22.5. The van der Waals surface area contributed by atoms with Crippen molar-refractivity contribution in [2.75, 3.05) is 21.3 Å². The van der Waals surface area contributed by atoms with E-state index in [4.69, 9.17) is 18.6 Å². The molecule has 0 bridgehead atoms. The zero-order valence-corrected chi connectivity index (χ0v) is 20.5. The molecule has 0 saturated carbocycles. The minimum absolute atomic E-state index is 0.0224. The number of hydrogen-bond acceptors (Lipinski definition) is 5. The summed E-state index contributed by atoms with van der Waals surface area (Å²) < 4.78 is 22.9. The Kier molecular flexibility index (Phi) is 7.83. The van der Waals surface area contributed by atoms with Crippen LogP contribution in [0.15, 0.2) is 36.4 Å². The molecular formula is C24H36O5Si. The van der Waals surface area contributed by atoms with Gasteiger partial charge in [0, 0.05) is 12.1 Å². The molecule has 0 radical (unpaired) electrons. The molecule has 5 nitrogen and oxygen atoms in total. The van der Waals surface area contributed by atoms with E-state index in [-0.39, 0.29) is 5.04 Å². The van der Waals surface area contributed by atoms with Crippen LogP contribution in [-0.2, 0) is 6.42 Å². The minimum Gasteiger partial charge on any atom is -0.543 e. The highest BCUT2D eigenvalue weighted by Gasteiger charge is 2.40. The van der Waals surface area contributed by atoms with Crippen molar-refractivity contribution in [3.05, 3.63) is 47.5 Å². The molecule has 0 aromatic heterocycles. The Hall–Kier alpha value is -2.18. The largest absolute Gasteiger partial charge is 0.543 e. The molecule has 2 rings (SSSR count). The predicted molar refractivity (Wildman–Crippen MR) is 124 cm³/mol. The first-order chi connectivity index (χ1) is 14.0. The highest BCUT2D eigenvalue weighted by molar-refractivity contribution is 6.74. The number of aryl methyl sites for hydroxylation is 1. The second-order valence-electron chi connectivity index (χ2n) is 9.01. The molecule has 1 atom stereocenters. The SMILES string of the molecule is COc1ccc(CCC(O)c2c(OC)cc(OC)cc2O[Si](C)(C)C(C)(C)C)cc1. The van der Waals surface area contributed by atoms with E-state index in [0.717, 1.165) is 17.7 Å². The molecule has 0 fully saturated rings. The van der Waals surface area contributed by atoms with E-state index in [1.54, 1.807) is 27.4 Å². The number of ether oxygens (including phenoxy) is 3. The summed E-state index contributed by atoms with van der Waals surface area (Å²) in [6.45, 7) is 10.9. The fourth-order valence-electron chi connectivity index (χ4n) is 2.94. The standard InChI is InChI=1S/C24H36O5Si/c1-24(2,3)30(7,8)29-22-16-19(27-5)15-21(28-6)23(22)20(25)14-11-17-9-12-18(26-4)13-10-17/h9-10,12-13,15-16,20,25H,11,14H2,1-8H3. The van der Waals surface area contributed by atoms with E-state index >= 15 is 0 Å². The van der Waals surface area contributed by atoms with Crippen LogP contribution in [0.1, 0.15) is 44.4 Å². The van der Waals surface area contributed by atoms with Crippen molar-refractivity contribution in [3.63, 3.8) is 0 Å². The first-order valence-electron chi connectivity index (χ1n) is 10.3. The molecular weight excluding hydrogens is 396 g/mol. The summed E-state index contributed by atoms with van der Waals surface area (Å²) in [7, 11) is 2.74. The Labute approximate surface area is 182 Å². The molecule has 1 N–H and O–H groups in total. The number of methoxy groups -OCH3 is 3. The van der Waals surface area contributed by atoms with E-state index in [2.05, 4.69) is 33.9 Å². The molecule has 0 aliphatic rings. The van der Waals surface area contributed by atoms with E-state index < -0.39 is 14.4 Å². The lowest BCUT2D eigenvalue weighted by atomic mass is 9.99. The molecule has 0 heterocycles. The Morgan fingerprint density at radius 3 is 1.93 bits per heavy atom. The first-order valence-corrected chi connectivity index (χ1v) is 13.2. The summed E-state index contributed by atoms with van der Waals surface area (Å²) in [6, 6.07) is 11.6. The average Bonchev–Trinajstić information content (AvgIpc) is 2.70. The van der Waals surface area contributed by atoms with Crippen LogP contribution in [0.5, 0.6) is 23.0 Å². The van der Waals surface area contributed by atoms with Gasteiger partial charge < -0.3 is 23.7 Å². The topological polar surface area (TPSA) is 57.2 Å². The van der Waals surface area contributed by atoms with Crippen LogP contribution in [0, 0.1) is 0 Å². The summed E-state index contributed by atoms with van der Waals surface area (Å²) in [5, 5.41) is 11.2. The molecule has 166 valence electrons. The van der Waals surface area contributed by atoms with E-state index in [1.807, 2.05) is 30.3 Å². The smallest absolute Gasteiger partial charge is 0.250 e. The molecule has 0 aliphatic heterocycles. The number of aliphatic hydroxyl groups excluding tert-OH is 1. The number of aliphatic hydroxyl groups is 1. The fraction of sp³-hybridized carbons (Fsp3) is 0.500. The Bertz CT molecular complexity index is 825. The zero-order valence-electron chi connectivity index (χ0n) is 19.5. The van der Waals surface area contributed by atoms with Gasteiger partial charge in [0.1, 0.15) is 23.0 Å². The third kappa shape index (κ3) is 5.70. The van der Waals surface area contributed by atoms with Crippen LogP contribution in [0.4, 0.5) is 0 Å². The average molecular weight is 433 g/mol. The highest BCUT2D eigenvalue weighted by atomic mass is 28.4. The second kappa shape index (κ2) is 9.75. The Balaban J connectivity index is 2.35. The molecule has 2 aromatic rings. The van der Waals surface area contributed by atoms with Crippen LogP contribution in [0.25, 0.3) is 0 Å². The lowest BCUT2D eigenvalue weighted by Gasteiger charge is -2.37. The van der Waals surface area contributed by atoms with Crippen molar-refractivity contribution in [2.24, 2.45) is 0 Å². The van der Waals surface area contributed by atoms with Gasteiger partial charge in [0.2, 0.25) is 8.32 Å². The van der Waals surface area contributed by atoms with Crippen molar-refractivity contribution in [3.8, 4) is 23.0 Å². The van der Waals surface area contributed by atoms with Gasteiger partial charge >= 0.3 is 0 Å². The molecule has 0 aliphatic carbocycles. The van der Waals surface area contributed by atoms with Crippen molar-refractivity contribution >= 4 is 8.32 Å². The van der Waals surface area contributed by atoms with Crippen molar-refractivity contribution in [1.82, 2.24) is 0 Å². The molecule has 2 aromatic carbocycles. The fourth-order valence-corrected chi connectivity index (χ4v) is 3.97. The van der Waals surface area contributed by atoms with E-state index in [1.165, 1.54) is 0 Å². The van der Waals surface area contributed by atoms with Crippen LogP contribution < -0.4 is 18.6 Å². The van der Waals surface area contributed by atoms with Gasteiger partial charge in [-0.15, -0.1) is 0 Å². The highest BCUT2D eigenvalue weighted by Crippen LogP contribution is 2.44. The van der Waals surface area contributed by atoms with Gasteiger partial charge in [0.15, 0.2) is 0 Å². The molecule has 0 saturated heterocycles. The van der Waals surface area contributed by atoms with Crippen LogP contribution >= 0.6 is 0 Å². The number of hydrogen-bond donors (Lipinski definition) is 1. The minimum atomic E-state index is -2.13. The summed E-state index contributed by atoms with van der Waals surface area (Å²) in [5.74, 6) is 2.68. The maximum absolute atomic E-state index is 11.1. The van der Waals surface area contributed by atoms with Crippen molar-refractivity contribution < 1.29 is 23.7 Å². The van der Waals surface area contributed by atoms with Gasteiger partial charge in [-0.1, -0.05) is 32.9 Å². The quantitative estimate of drug-likeness (QED) is 0.510. The molecule has 1 unspecified atom stereocenters. The Morgan fingerprint density at radius 1 is 0.867 bits per heavy atom. The number of rotatable bonds is 9. The van der Waals surface area contributed by atoms with Gasteiger partial charge in [-0.25, -0.2) is 0 Å². The van der Waals surface area contributed by atoms with Crippen LogP contribution in [0.2, 0.25) is 18.1 Å². The summed E-state index contributed by atoms with van der Waals surface area (Å²) in [6.07, 6.45) is 0.538. The lowest BCUT2D eigenvalue weighted by molar-refractivity contribution is 0.160. The maximum atomic E-state index is 11.1. The van der Waals surface area contributed by atoms with Crippen molar-refractivity contribution in [2.45, 2.75) is 57.8 Å². The van der Waals surface area contributed by atoms with Crippen molar-refractivity contribution in [1.29, 1.82) is 0 Å². The maximum Gasteiger partial charge on any atom is 0.250 e. The molecule has 0 amide bonds. The van der Waals surface area contributed by atoms with Gasteiger partial charge in [0.25, 0.3) is 0 Å². The monoisotopic (exact) mass is 432 g/mol. The molecule has 0 spiro atoms. The first kappa shape index (κ1) is 24.1. The van der Waals surface area contributed by atoms with Gasteiger partial charge in [-0.2, -0.15) is 0 Å². The third-order valence-electron chi connectivity index (χ3n) is 5.90. The second-order valence-corrected chi connectivity index (χ2v) is 13.7. The summed E-state index contributed by atoms with van der Waals surface area (Å²) in [4.78, 5) is 0. The third-order valence-corrected chi connectivity index (χ3v) is 10.2. The number of benzene rings is 2. The summed E-state index contributed by atoms with van der Waals surface area (Å²) >= 11 is 0. The lowest BCUT2D eigenvalue weighted by Crippen LogP contribution is -2.44. The van der Waals surface area contributed by atoms with Gasteiger partial charge in [-0.05, 0) is 48.7 Å². The normalized spacial score (nSPS) is 13.0. The molecule has 6 heteroatoms. The Morgan fingerprint density at radius 2 is 1.43 bits per heavy atom. The summed E-state index contributed by atoms with van der Waals surface area (Å²) in [5.41, 5.74) is 1.81. The van der Waals surface area contributed by atoms with Crippen LogP contribution in [0.3, 0.4) is 0 Å². The predicted octanol–water partition coefficient (Wildman–Crippen LogP) is 5.76. The van der Waals surface area contributed by atoms with Crippen LogP contribution in [-0.4, -0.2) is 34.8 Å².